The van der Waals surface area contributed by atoms with Crippen LogP contribution in [-0.2, 0) is 9.53 Å². The molecule has 1 fully saturated rings. The van der Waals surface area contributed by atoms with Crippen molar-refractivity contribution in [2.45, 2.75) is 45.3 Å². The summed E-state index contributed by atoms with van der Waals surface area (Å²) in [6.07, 6.45) is -0.488. The Morgan fingerprint density at radius 2 is 2.15 bits per heavy atom. The summed E-state index contributed by atoms with van der Waals surface area (Å²) >= 11 is 0. The monoisotopic (exact) mass is 363 g/mol. The molecule has 0 saturated carbocycles. The van der Waals surface area contributed by atoms with Gasteiger partial charge in [-0.1, -0.05) is 0 Å². The van der Waals surface area contributed by atoms with Crippen molar-refractivity contribution in [1.82, 2.24) is 4.90 Å². The van der Waals surface area contributed by atoms with Gasteiger partial charge in [0.05, 0.1) is 12.6 Å². The van der Waals surface area contributed by atoms with Gasteiger partial charge in [-0.15, -0.1) is 0 Å². The van der Waals surface area contributed by atoms with Crippen LogP contribution < -0.4 is 10.1 Å². The Morgan fingerprint density at radius 3 is 2.77 bits per heavy atom. The number of anilines is 1. The van der Waals surface area contributed by atoms with E-state index in [0.29, 0.717) is 19.5 Å². The Balaban J connectivity index is 1.92. The van der Waals surface area contributed by atoms with Crippen LogP contribution >= 0.6 is 0 Å². The minimum absolute atomic E-state index is 0.0410. The zero-order valence-corrected chi connectivity index (χ0v) is 15.0. The fraction of sp³-hybridized carbons (Fsp3) is 0.500. The van der Waals surface area contributed by atoms with Crippen molar-refractivity contribution < 1.29 is 23.5 Å². The summed E-state index contributed by atoms with van der Waals surface area (Å²) in [7, 11) is 0. The van der Waals surface area contributed by atoms with E-state index in [-0.39, 0.29) is 24.0 Å². The van der Waals surface area contributed by atoms with E-state index in [1.165, 1.54) is 17.0 Å². The number of ether oxygens (including phenoxy) is 2. The highest BCUT2D eigenvalue weighted by Gasteiger charge is 2.31. The summed E-state index contributed by atoms with van der Waals surface area (Å²) in [6, 6.07) is 5.75. The summed E-state index contributed by atoms with van der Waals surface area (Å²) < 4.78 is 25.1. The van der Waals surface area contributed by atoms with E-state index in [9.17, 15) is 14.0 Å². The van der Waals surface area contributed by atoms with Gasteiger partial charge in [0.25, 0.3) is 0 Å². The molecule has 1 heterocycles. The molecule has 1 saturated heterocycles. The van der Waals surface area contributed by atoms with Crippen molar-refractivity contribution in [3.8, 4) is 11.8 Å². The lowest BCUT2D eigenvalue weighted by atomic mass is 10.2. The molecule has 1 unspecified atom stereocenters. The summed E-state index contributed by atoms with van der Waals surface area (Å²) in [5, 5.41) is 10.9. The molecule has 1 aromatic rings. The molecule has 0 radical (unpaired) electrons. The van der Waals surface area contributed by atoms with Crippen molar-refractivity contribution in [2.24, 2.45) is 0 Å². The molecule has 0 aromatic heterocycles. The highest BCUT2D eigenvalue weighted by Crippen LogP contribution is 2.25. The van der Waals surface area contributed by atoms with Crippen molar-refractivity contribution in [1.29, 1.82) is 5.26 Å². The number of hydrogen-bond acceptors (Lipinski definition) is 5. The van der Waals surface area contributed by atoms with E-state index in [1.54, 1.807) is 26.8 Å². The summed E-state index contributed by atoms with van der Waals surface area (Å²) in [6.45, 7) is 6.17. The van der Waals surface area contributed by atoms with Crippen LogP contribution in [0.3, 0.4) is 0 Å². The lowest BCUT2D eigenvalue weighted by Gasteiger charge is -2.24. The number of halogens is 1. The van der Waals surface area contributed by atoms with Gasteiger partial charge in [0.15, 0.2) is 11.6 Å². The first-order chi connectivity index (χ1) is 12.2. The zero-order chi connectivity index (χ0) is 19.3. The number of nitrogens with zero attached hydrogens (tertiary/aromatic N) is 2. The molecule has 1 aliphatic rings. The highest BCUT2D eigenvalue weighted by atomic mass is 19.1. The molecule has 1 aliphatic heterocycles. The minimum atomic E-state index is -0.629. The Hall–Kier alpha value is -2.82. The molecule has 0 spiro atoms. The fourth-order valence-corrected chi connectivity index (χ4v) is 2.45. The molecule has 2 amide bonds. The average molecular weight is 363 g/mol. The van der Waals surface area contributed by atoms with Gasteiger partial charge < -0.3 is 19.7 Å². The van der Waals surface area contributed by atoms with E-state index in [1.807, 2.05) is 0 Å². The summed E-state index contributed by atoms with van der Waals surface area (Å²) in [5.41, 5.74) is -0.328. The maximum Gasteiger partial charge on any atom is 0.410 e. The molecule has 1 atom stereocenters. The first-order valence-corrected chi connectivity index (χ1v) is 8.29. The van der Waals surface area contributed by atoms with Crippen LogP contribution in [0.4, 0.5) is 14.9 Å². The van der Waals surface area contributed by atoms with Crippen molar-refractivity contribution >= 4 is 17.7 Å². The van der Waals surface area contributed by atoms with Crippen LogP contribution in [0.5, 0.6) is 5.75 Å². The van der Waals surface area contributed by atoms with E-state index >= 15 is 0 Å². The molecular weight excluding hydrogens is 341 g/mol. The van der Waals surface area contributed by atoms with Crippen molar-refractivity contribution in [2.75, 3.05) is 18.4 Å². The molecule has 26 heavy (non-hydrogen) atoms. The maximum absolute atomic E-state index is 14.2. The number of amides is 2. The van der Waals surface area contributed by atoms with Crippen molar-refractivity contribution in [3.05, 3.63) is 24.0 Å². The van der Waals surface area contributed by atoms with E-state index in [2.05, 4.69) is 5.32 Å². The second-order valence-corrected chi connectivity index (χ2v) is 6.98. The molecule has 8 heteroatoms. The topological polar surface area (TPSA) is 91.7 Å². The van der Waals surface area contributed by atoms with Crippen LogP contribution in [0.1, 0.15) is 33.6 Å². The van der Waals surface area contributed by atoms with Gasteiger partial charge in [0.2, 0.25) is 5.91 Å². The third-order valence-corrected chi connectivity index (χ3v) is 3.55. The first-order valence-electron chi connectivity index (χ1n) is 8.29. The molecule has 0 aliphatic carbocycles. The number of nitriles is 1. The number of nitrogens with one attached hydrogen (secondary N) is 1. The quantitative estimate of drug-likeness (QED) is 0.888. The Morgan fingerprint density at radius 1 is 1.42 bits per heavy atom. The predicted molar refractivity (Wildman–Crippen MR) is 92.1 cm³/mol. The average Bonchev–Trinajstić information content (AvgIpc) is 2.97. The van der Waals surface area contributed by atoms with Crippen LogP contribution in [-0.4, -0.2) is 41.7 Å². The lowest BCUT2D eigenvalue weighted by Crippen LogP contribution is -2.36. The third kappa shape index (κ3) is 5.62. The van der Waals surface area contributed by atoms with E-state index in [4.69, 9.17) is 14.7 Å². The molecule has 1 aromatic carbocycles. The SMILES string of the molecule is CC(C)(C)OC(=O)N1CCC(Oc2ccc(NC(=O)CC#N)cc2F)C1. The summed E-state index contributed by atoms with van der Waals surface area (Å²) in [4.78, 5) is 24.9. The number of rotatable bonds is 4. The molecular formula is C18H22FN3O4. The smallest absolute Gasteiger partial charge is 0.410 e. The summed E-state index contributed by atoms with van der Waals surface area (Å²) in [5.74, 6) is -1.10. The van der Waals surface area contributed by atoms with Gasteiger partial charge in [-0.3, -0.25) is 4.79 Å². The van der Waals surface area contributed by atoms with Gasteiger partial charge in [0, 0.05) is 24.7 Å². The van der Waals surface area contributed by atoms with Crippen LogP contribution in [0, 0.1) is 17.1 Å². The standard InChI is InChI=1S/C18H22FN3O4/c1-18(2,3)26-17(24)22-9-7-13(11-22)25-15-5-4-12(10-14(15)19)21-16(23)6-8-20/h4-5,10,13H,6-7,9,11H2,1-3H3,(H,21,23). The van der Waals surface area contributed by atoms with Gasteiger partial charge in [-0.25, -0.2) is 9.18 Å². The fourth-order valence-electron chi connectivity index (χ4n) is 2.45. The highest BCUT2D eigenvalue weighted by molar-refractivity contribution is 5.92. The number of benzene rings is 1. The lowest BCUT2D eigenvalue weighted by molar-refractivity contribution is -0.115. The van der Waals surface area contributed by atoms with E-state index < -0.39 is 23.4 Å². The van der Waals surface area contributed by atoms with Gasteiger partial charge in [0.1, 0.15) is 18.1 Å². The van der Waals surface area contributed by atoms with Gasteiger partial charge >= 0.3 is 6.09 Å². The number of likely N-dealkylation sites (tertiary alicyclic amines) is 1. The number of hydrogen-bond donors (Lipinski definition) is 1. The molecule has 2 rings (SSSR count). The number of carbonyl (C=O) groups is 2. The van der Waals surface area contributed by atoms with E-state index in [0.717, 1.165) is 6.07 Å². The van der Waals surface area contributed by atoms with Gasteiger partial charge in [-0.2, -0.15) is 5.26 Å². The maximum atomic E-state index is 14.2. The Labute approximate surface area is 151 Å². The zero-order valence-electron chi connectivity index (χ0n) is 15.0. The molecule has 0 bridgehead atoms. The second kappa shape index (κ2) is 8.04. The molecule has 7 nitrogen and oxygen atoms in total. The third-order valence-electron chi connectivity index (χ3n) is 3.55. The van der Waals surface area contributed by atoms with Crippen LogP contribution in [0.15, 0.2) is 18.2 Å². The van der Waals surface area contributed by atoms with Crippen LogP contribution in [0.2, 0.25) is 0 Å². The predicted octanol–water partition coefficient (Wildman–Crippen LogP) is 3.07. The van der Waals surface area contributed by atoms with Crippen LogP contribution in [0.25, 0.3) is 0 Å². The molecule has 1 N–H and O–H groups in total. The normalized spacial score (nSPS) is 16.7. The minimum Gasteiger partial charge on any atom is -0.485 e. The number of carbonyl (C=O) groups excluding carboxylic acids is 2. The van der Waals surface area contributed by atoms with Crippen molar-refractivity contribution in [3.63, 3.8) is 0 Å². The molecule has 140 valence electrons. The largest absolute Gasteiger partial charge is 0.485 e. The second-order valence-electron chi connectivity index (χ2n) is 6.98. The Bertz CT molecular complexity index is 724. The van der Waals surface area contributed by atoms with Gasteiger partial charge in [-0.05, 0) is 32.9 Å². The first kappa shape index (κ1) is 19.5. The Kier molecular flexibility index (Phi) is 6.03.